The Bertz CT molecular complexity index is 365. The van der Waals surface area contributed by atoms with Gasteiger partial charge in [-0.05, 0) is 0 Å². The smallest absolute Gasteiger partial charge is 0.326 e. The Morgan fingerprint density at radius 3 is 2.82 bits per heavy atom. The molecule has 0 aliphatic carbocycles. The third kappa shape index (κ3) is 4.51. The first-order valence-electron chi connectivity index (χ1n) is 4.99. The van der Waals surface area contributed by atoms with Crippen LogP contribution in [-0.4, -0.2) is 44.8 Å². The lowest BCUT2D eigenvalue weighted by Crippen LogP contribution is -2.46. The van der Waals surface area contributed by atoms with Crippen molar-refractivity contribution in [3.8, 4) is 0 Å². The van der Waals surface area contributed by atoms with Crippen LogP contribution in [0, 0.1) is 0 Å². The Morgan fingerprint density at radius 2 is 2.29 bits per heavy atom. The first-order chi connectivity index (χ1) is 8.13. The van der Waals surface area contributed by atoms with Crippen LogP contribution in [0.2, 0.25) is 0 Å². The zero-order chi connectivity index (χ0) is 12.7. The molecule has 1 rings (SSSR count). The molecule has 1 unspecified atom stereocenters. The Balaban J connectivity index is 2.34. The fraction of sp³-hybridized carbons (Fsp3) is 0.444. The predicted octanol–water partition coefficient (Wildman–Crippen LogP) is -0.955. The van der Waals surface area contributed by atoms with E-state index < -0.39 is 18.0 Å². The fourth-order valence-corrected chi connectivity index (χ4v) is 1.15. The molecule has 0 bridgehead atoms. The molecule has 0 saturated heterocycles. The molecule has 0 saturated carbocycles. The number of carboxylic acids is 1. The number of aliphatic hydroxyl groups is 1. The van der Waals surface area contributed by atoms with E-state index in [4.69, 9.17) is 10.2 Å². The summed E-state index contributed by atoms with van der Waals surface area (Å²) in [6.07, 6.45) is 3.12. The average molecular weight is 242 g/mol. The molecule has 1 aromatic rings. The zero-order valence-corrected chi connectivity index (χ0v) is 9.01. The first kappa shape index (κ1) is 13.0. The van der Waals surface area contributed by atoms with Crippen LogP contribution in [0.4, 0.5) is 4.79 Å². The third-order valence-electron chi connectivity index (χ3n) is 1.99. The van der Waals surface area contributed by atoms with E-state index in [9.17, 15) is 9.59 Å². The molecule has 1 atom stereocenters. The van der Waals surface area contributed by atoms with E-state index in [2.05, 4.69) is 20.6 Å². The number of urea groups is 1. The van der Waals surface area contributed by atoms with Gasteiger partial charge in [0.15, 0.2) is 0 Å². The molecule has 0 spiro atoms. The molecule has 0 radical (unpaired) electrons. The predicted molar refractivity (Wildman–Crippen MR) is 57.1 cm³/mol. The van der Waals surface area contributed by atoms with Crippen LogP contribution < -0.4 is 10.6 Å². The Morgan fingerprint density at radius 1 is 1.53 bits per heavy atom. The van der Waals surface area contributed by atoms with Crippen LogP contribution in [0.25, 0.3) is 0 Å². The van der Waals surface area contributed by atoms with Gasteiger partial charge in [0.2, 0.25) is 0 Å². The summed E-state index contributed by atoms with van der Waals surface area (Å²) in [6.45, 7) is -0.139. The lowest BCUT2D eigenvalue weighted by molar-refractivity contribution is -0.139. The number of hydrogen-bond donors (Lipinski definition) is 5. The highest BCUT2D eigenvalue weighted by Crippen LogP contribution is 1.92. The third-order valence-corrected chi connectivity index (χ3v) is 1.99. The molecular formula is C9H14N4O4. The van der Waals surface area contributed by atoms with Gasteiger partial charge in [-0.25, -0.2) is 14.6 Å². The molecule has 8 nitrogen and oxygen atoms in total. The Labute approximate surface area is 97.1 Å². The molecule has 0 aliphatic rings. The number of nitrogens with zero attached hydrogens (tertiary/aromatic N) is 1. The summed E-state index contributed by atoms with van der Waals surface area (Å²) >= 11 is 0. The number of aromatic nitrogens is 2. The first-order valence-corrected chi connectivity index (χ1v) is 4.99. The highest BCUT2D eigenvalue weighted by molar-refractivity contribution is 5.82. The van der Waals surface area contributed by atoms with Crippen molar-refractivity contribution in [2.75, 3.05) is 6.61 Å². The summed E-state index contributed by atoms with van der Waals surface area (Å²) in [5.41, 5.74) is 0. The topological polar surface area (TPSA) is 127 Å². The van der Waals surface area contributed by atoms with Crippen LogP contribution in [0.15, 0.2) is 12.4 Å². The molecule has 94 valence electrons. The normalized spacial score (nSPS) is 11.8. The number of amides is 2. The number of nitrogens with one attached hydrogen (secondary N) is 3. The molecule has 1 aromatic heterocycles. The van der Waals surface area contributed by atoms with Crippen molar-refractivity contribution in [3.63, 3.8) is 0 Å². The molecule has 0 fully saturated rings. The lowest BCUT2D eigenvalue weighted by atomic mass is 10.2. The molecule has 8 heteroatoms. The summed E-state index contributed by atoms with van der Waals surface area (Å²) in [4.78, 5) is 28.7. The van der Waals surface area contributed by atoms with Gasteiger partial charge < -0.3 is 25.8 Å². The molecule has 0 aromatic carbocycles. The van der Waals surface area contributed by atoms with Crippen LogP contribution in [0.5, 0.6) is 0 Å². The SMILES string of the molecule is O=C(NCc1ncc[nH]1)NC(CCO)C(=O)O. The number of rotatable bonds is 6. The van der Waals surface area contributed by atoms with Gasteiger partial charge in [0.05, 0.1) is 6.54 Å². The van der Waals surface area contributed by atoms with Crippen molar-refractivity contribution in [3.05, 3.63) is 18.2 Å². The standard InChI is InChI=1S/C9H14N4O4/c14-4-1-6(8(15)16)13-9(17)12-5-7-10-2-3-11-7/h2-3,6,14H,1,4-5H2,(H,10,11)(H,15,16)(H2,12,13,17). The van der Waals surface area contributed by atoms with Crippen molar-refractivity contribution in [1.29, 1.82) is 0 Å². The van der Waals surface area contributed by atoms with Gasteiger partial charge in [-0.3, -0.25) is 0 Å². The van der Waals surface area contributed by atoms with E-state index in [-0.39, 0.29) is 19.6 Å². The molecule has 2 amide bonds. The molecular weight excluding hydrogens is 228 g/mol. The second-order valence-corrected chi connectivity index (χ2v) is 3.27. The summed E-state index contributed by atoms with van der Waals surface area (Å²) in [7, 11) is 0. The van der Waals surface area contributed by atoms with Crippen LogP contribution in [-0.2, 0) is 11.3 Å². The van der Waals surface area contributed by atoms with Crippen LogP contribution in [0.1, 0.15) is 12.2 Å². The number of imidazole rings is 1. The van der Waals surface area contributed by atoms with Crippen LogP contribution >= 0.6 is 0 Å². The maximum Gasteiger partial charge on any atom is 0.326 e. The van der Waals surface area contributed by atoms with Crippen molar-refractivity contribution in [1.82, 2.24) is 20.6 Å². The second-order valence-electron chi connectivity index (χ2n) is 3.27. The zero-order valence-electron chi connectivity index (χ0n) is 9.01. The van der Waals surface area contributed by atoms with Gasteiger partial charge in [-0.2, -0.15) is 0 Å². The number of aliphatic hydroxyl groups excluding tert-OH is 1. The van der Waals surface area contributed by atoms with Gasteiger partial charge in [0.25, 0.3) is 0 Å². The minimum atomic E-state index is -1.19. The summed E-state index contributed by atoms with van der Waals surface area (Å²) in [6, 6.07) is -1.72. The number of carbonyl (C=O) groups excluding carboxylic acids is 1. The van der Waals surface area contributed by atoms with Crippen LogP contribution in [0.3, 0.4) is 0 Å². The largest absolute Gasteiger partial charge is 0.480 e. The maximum absolute atomic E-state index is 11.3. The maximum atomic E-state index is 11.3. The number of aromatic amines is 1. The number of aliphatic carboxylic acids is 1. The molecule has 1 heterocycles. The Kier molecular flexibility index (Phi) is 4.95. The molecule has 17 heavy (non-hydrogen) atoms. The van der Waals surface area contributed by atoms with Crippen molar-refractivity contribution in [2.45, 2.75) is 19.0 Å². The highest BCUT2D eigenvalue weighted by Gasteiger charge is 2.18. The minimum absolute atomic E-state index is 0.0382. The minimum Gasteiger partial charge on any atom is -0.480 e. The van der Waals surface area contributed by atoms with Crippen molar-refractivity contribution in [2.24, 2.45) is 0 Å². The van der Waals surface area contributed by atoms with E-state index in [0.29, 0.717) is 5.82 Å². The summed E-state index contributed by atoms with van der Waals surface area (Å²) < 4.78 is 0. The monoisotopic (exact) mass is 242 g/mol. The lowest BCUT2D eigenvalue weighted by Gasteiger charge is -2.13. The summed E-state index contributed by atoms with van der Waals surface area (Å²) in [5.74, 6) is -0.624. The van der Waals surface area contributed by atoms with Gasteiger partial charge in [-0.15, -0.1) is 0 Å². The highest BCUT2D eigenvalue weighted by atomic mass is 16.4. The van der Waals surface area contributed by atoms with E-state index in [0.717, 1.165) is 0 Å². The van der Waals surface area contributed by atoms with Crippen molar-refractivity contribution < 1.29 is 19.8 Å². The van der Waals surface area contributed by atoms with Gasteiger partial charge in [-0.1, -0.05) is 0 Å². The van der Waals surface area contributed by atoms with E-state index >= 15 is 0 Å². The molecule has 5 N–H and O–H groups in total. The van der Waals surface area contributed by atoms with Gasteiger partial charge >= 0.3 is 12.0 Å². The van der Waals surface area contributed by atoms with E-state index in [1.165, 1.54) is 0 Å². The van der Waals surface area contributed by atoms with Gasteiger partial charge in [0, 0.05) is 25.4 Å². The van der Waals surface area contributed by atoms with Crippen molar-refractivity contribution >= 4 is 12.0 Å². The average Bonchev–Trinajstić information content (AvgIpc) is 2.78. The summed E-state index contributed by atoms with van der Waals surface area (Å²) in [5, 5.41) is 22.0. The van der Waals surface area contributed by atoms with E-state index in [1.54, 1.807) is 12.4 Å². The van der Waals surface area contributed by atoms with Gasteiger partial charge in [0.1, 0.15) is 11.9 Å². The quantitative estimate of drug-likeness (QED) is 0.439. The number of H-pyrrole nitrogens is 1. The fourth-order valence-electron chi connectivity index (χ4n) is 1.15. The second kappa shape index (κ2) is 6.48. The number of carboxylic acid groups (broad SMARTS) is 1. The van der Waals surface area contributed by atoms with E-state index in [1.807, 2.05) is 0 Å². The number of hydrogen-bond acceptors (Lipinski definition) is 4. The Hall–Kier alpha value is -2.09. The number of carbonyl (C=O) groups is 2. The molecule has 0 aliphatic heterocycles.